The summed E-state index contributed by atoms with van der Waals surface area (Å²) in [5.74, 6) is 1.32. The predicted octanol–water partition coefficient (Wildman–Crippen LogP) is 3.62. The van der Waals surface area contributed by atoms with Gasteiger partial charge >= 0.3 is 0 Å². The third-order valence-electron chi connectivity index (χ3n) is 3.70. The fraction of sp³-hybridized carbons (Fsp3) is 0.800. The zero-order valence-electron chi connectivity index (χ0n) is 12.3. The van der Waals surface area contributed by atoms with Crippen LogP contribution in [0, 0.1) is 0 Å². The molecule has 4 heteroatoms. The molecule has 1 aliphatic heterocycles. The maximum Gasteiger partial charge on any atom is 0.0612 e. The van der Waals surface area contributed by atoms with Crippen molar-refractivity contribution in [2.75, 3.05) is 12.3 Å². The molecule has 1 aliphatic rings. The molecule has 0 aromatic carbocycles. The van der Waals surface area contributed by atoms with Crippen molar-refractivity contribution in [1.29, 1.82) is 0 Å². The highest BCUT2D eigenvalue weighted by Gasteiger charge is 2.27. The van der Waals surface area contributed by atoms with Crippen LogP contribution >= 0.6 is 11.8 Å². The van der Waals surface area contributed by atoms with Crippen molar-refractivity contribution in [2.45, 2.75) is 63.8 Å². The standard InChI is InChI=1S/C15H27N3S/c1-3-9-16-15(14-7-5-6-12-19-14)13-8-10-17-18(13)11-4-2/h8,10,14-16H,3-7,9,11-12H2,1-2H3. The van der Waals surface area contributed by atoms with Crippen LogP contribution in [0.2, 0.25) is 0 Å². The number of hydrogen-bond donors (Lipinski definition) is 1. The van der Waals surface area contributed by atoms with E-state index in [2.05, 4.69) is 46.8 Å². The number of thioether (sulfide) groups is 1. The Kier molecular flexibility index (Phi) is 6.24. The summed E-state index contributed by atoms with van der Waals surface area (Å²) in [5, 5.41) is 8.97. The molecule has 19 heavy (non-hydrogen) atoms. The normalized spacial score (nSPS) is 21.5. The molecule has 2 atom stereocenters. The SMILES string of the molecule is CCCNC(c1ccnn1CCC)C1CCCCS1. The van der Waals surface area contributed by atoms with Gasteiger partial charge in [0.15, 0.2) is 0 Å². The lowest BCUT2D eigenvalue weighted by Gasteiger charge is -2.31. The van der Waals surface area contributed by atoms with Crippen molar-refractivity contribution >= 4 is 11.8 Å². The van der Waals surface area contributed by atoms with Gasteiger partial charge in [-0.3, -0.25) is 4.68 Å². The smallest absolute Gasteiger partial charge is 0.0612 e. The first-order valence-corrected chi connectivity index (χ1v) is 8.78. The lowest BCUT2D eigenvalue weighted by molar-refractivity contribution is 0.438. The minimum atomic E-state index is 0.472. The van der Waals surface area contributed by atoms with E-state index in [1.54, 1.807) is 0 Å². The summed E-state index contributed by atoms with van der Waals surface area (Å²) >= 11 is 2.14. The molecule has 2 rings (SSSR count). The number of rotatable bonds is 7. The second kappa shape index (κ2) is 7.95. The first-order chi connectivity index (χ1) is 9.36. The van der Waals surface area contributed by atoms with Crippen molar-refractivity contribution in [3.8, 4) is 0 Å². The molecule has 0 spiro atoms. The van der Waals surface area contributed by atoms with Crippen LogP contribution in [0.3, 0.4) is 0 Å². The van der Waals surface area contributed by atoms with Gasteiger partial charge in [-0.15, -0.1) is 0 Å². The molecular formula is C15H27N3S. The van der Waals surface area contributed by atoms with Gasteiger partial charge in [0.2, 0.25) is 0 Å². The molecule has 1 N–H and O–H groups in total. The highest BCUT2D eigenvalue weighted by molar-refractivity contribution is 8.00. The van der Waals surface area contributed by atoms with Gasteiger partial charge in [-0.2, -0.15) is 16.9 Å². The van der Waals surface area contributed by atoms with E-state index in [1.165, 1.54) is 37.1 Å². The molecule has 2 unspecified atom stereocenters. The fourth-order valence-electron chi connectivity index (χ4n) is 2.76. The van der Waals surface area contributed by atoms with E-state index in [1.807, 2.05) is 6.20 Å². The molecule has 108 valence electrons. The van der Waals surface area contributed by atoms with Gasteiger partial charge in [0, 0.05) is 18.0 Å². The summed E-state index contributed by atoms with van der Waals surface area (Å²) < 4.78 is 2.20. The minimum Gasteiger partial charge on any atom is -0.308 e. The Morgan fingerprint density at radius 1 is 1.42 bits per heavy atom. The molecule has 3 nitrogen and oxygen atoms in total. The zero-order chi connectivity index (χ0) is 13.5. The first-order valence-electron chi connectivity index (χ1n) is 7.73. The maximum atomic E-state index is 4.50. The van der Waals surface area contributed by atoms with Crippen LogP contribution < -0.4 is 5.32 Å². The molecule has 0 aliphatic carbocycles. The Hall–Kier alpha value is -0.480. The number of aryl methyl sites for hydroxylation is 1. The van der Waals surface area contributed by atoms with Crippen molar-refractivity contribution in [3.63, 3.8) is 0 Å². The Morgan fingerprint density at radius 2 is 2.32 bits per heavy atom. The van der Waals surface area contributed by atoms with Crippen LogP contribution in [0.4, 0.5) is 0 Å². The van der Waals surface area contributed by atoms with E-state index in [0.717, 1.165) is 19.5 Å². The molecular weight excluding hydrogens is 254 g/mol. The van der Waals surface area contributed by atoms with Gasteiger partial charge in [0.25, 0.3) is 0 Å². The fourth-order valence-corrected chi connectivity index (χ4v) is 4.20. The zero-order valence-corrected chi connectivity index (χ0v) is 13.1. The Balaban J connectivity index is 2.12. The van der Waals surface area contributed by atoms with Crippen molar-refractivity contribution in [3.05, 3.63) is 18.0 Å². The van der Waals surface area contributed by atoms with Gasteiger partial charge in [-0.05, 0) is 44.0 Å². The van der Waals surface area contributed by atoms with E-state index in [4.69, 9.17) is 0 Å². The summed E-state index contributed by atoms with van der Waals surface area (Å²) in [6.45, 7) is 6.58. The quantitative estimate of drug-likeness (QED) is 0.828. The molecule has 0 amide bonds. The lowest BCUT2D eigenvalue weighted by Crippen LogP contribution is -2.34. The molecule has 1 saturated heterocycles. The summed E-state index contributed by atoms with van der Waals surface area (Å²) in [6, 6.07) is 2.68. The number of hydrogen-bond acceptors (Lipinski definition) is 3. The largest absolute Gasteiger partial charge is 0.308 e. The third kappa shape index (κ3) is 3.99. The van der Waals surface area contributed by atoms with Crippen molar-refractivity contribution < 1.29 is 0 Å². The second-order valence-corrected chi connectivity index (χ2v) is 6.66. The summed E-state index contributed by atoms with van der Waals surface area (Å²) in [6.07, 6.45) is 8.39. The molecule has 0 bridgehead atoms. The first kappa shape index (κ1) is 14.9. The van der Waals surface area contributed by atoms with Gasteiger partial charge in [0.1, 0.15) is 0 Å². The van der Waals surface area contributed by atoms with Crippen LogP contribution in [0.1, 0.15) is 57.7 Å². The van der Waals surface area contributed by atoms with Crippen molar-refractivity contribution in [1.82, 2.24) is 15.1 Å². The molecule has 1 aromatic heterocycles. The third-order valence-corrected chi connectivity index (χ3v) is 5.16. The van der Waals surface area contributed by atoms with E-state index in [9.17, 15) is 0 Å². The van der Waals surface area contributed by atoms with Crippen LogP contribution in [-0.2, 0) is 6.54 Å². The maximum absolute atomic E-state index is 4.50. The summed E-state index contributed by atoms with van der Waals surface area (Å²) in [7, 11) is 0. The molecule has 0 radical (unpaired) electrons. The summed E-state index contributed by atoms with van der Waals surface area (Å²) in [5.41, 5.74) is 1.38. The van der Waals surface area contributed by atoms with Crippen molar-refractivity contribution in [2.24, 2.45) is 0 Å². The average molecular weight is 281 g/mol. The van der Waals surface area contributed by atoms with E-state index in [-0.39, 0.29) is 0 Å². The van der Waals surface area contributed by atoms with Gasteiger partial charge < -0.3 is 5.32 Å². The van der Waals surface area contributed by atoms with Crippen LogP contribution in [-0.4, -0.2) is 27.3 Å². The predicted molar refractivity (Wildman–Crippen MR) is 83.6 cm³/mol. The minimum absolute atomic E-state index is 0.472. The monoisotopic (exact) mass is 281 g/mol. The topological polar surface area (TPSA) is 29.9 Å². The van der Waals surface area contributed by atoms with Crippen LogP contribution in [0.5, 0.6) is 0 Å². The van der Waals surface area contributed by atoms with E-state index < -0.39 is 0 Å². The van der Waals surface area contributed by atoms with E-state index >= 15 is 0 Å². The highest BCUT2D eigenvalue weighted by Crippen LogP contribution is 2.34. The molecule has 1 fully saturated rings. The average Bonchev–Trinajstić information content (AvgIpc) is 2.89. The van der Waals surface area contributed by atoms with Gasteiger partial charge in [0.05, 0.1) is 11.7 Å². The lowest BCUT2D eigenvalue weighted by atomic mass is 10.0. The van der Waals surface area contributed by atoms with E-state index in [0.29, 0.717) is 11.3 Å². The molecule has 1 aromatic rings. The number of aromatic nitrogens is 2. The van der Waals surface area contributed by atoms with Crippen LogP contribution in [0.15, 0.2) is 12.3 Å². The molecule has 2 heterocycles. The Labute approximate surface area is 121 Å². The van der Waals surface area contributed by atoms with Gasteiger partial charge in [-0.1, -0.05) is 20.3 Å². The molecule has 0 saturated carbocycles. The Morgan fingerprint density at radius 3 is 3.00 bits per heavy atom. The Bertz CT molecular complexity index is 358. The summed E-state index contributed by atoms with van der Waals surface area (Å²) in [4.78, 5) is 0. The van der Waals surface area contributed by atoms with Crippen LogP contribution in [0.25, 0.3) is 0 Å². The second-order valence-electron chi connectivity index (χ2n) is 5.32. The van der Waals surface area contributed by atoms with Gasteiger partial charge in [-0.25, -0.2) is 0 Å². The number of nitrogens with one attached hydrogen (secondary N) is 1. The number of nitrogens with zero attached hydrogens (tertiary/aromatic N) is 2. The highest BCUT2D eigenvalue weighted by atomic mass is 32.2.